The maximum absolute atomic E-state index is 13.8. The molecular weight excluding hydrogens is 560 g/mol. The number of pyridine rings is 2. The molecule has 1 unspecified atom stereocenters. The zero-order valence-electron chi connectivity index (χ0n) is 21.8. The zero-order valence-corrected chi connectivity index (χ0v) is 23.4. The van der Waals surface area contributed by atoms with Crippen LogP contribution in [0.15, 0.2) is 59.5 Å². The standard InChI is InChI=1S/C29H27BrN6O3/c1-16-4-7-24(30)32-27(16)33-28(39)22-13-29(3)14-23(29)36(22)25(38)15-35-21-6-5-19(18-8-10-31-11-9-18)12-20(21)26(34-35)17(2)37/h4-12,22-23H,13-15H2,1-3H3,(H,32,33,39)/t22-,23?,29-/m0/s1. The molecule has 1 saturated heterocycles. The first-order valence-electron chi connectivity index (χ1n) is 12.8. The lowest BCUT2D eigenvalue weighted by Crippen LogP contribution is -2.47. The lowest BCUT2D eigenvalue weighted by atomic mass is 10.0. The Bertz CT molecular complexity index is 1650. The number of benzene rings is 1. The van der Waals surface area contributed by atoms with Crippen molar-refractivity contribution in [2.75, 3.05) is 5.32 Å². The molecule has 3 atom stereocenters. The van der Waals surface area contributed by atoms with Crippen LogP contribution in [0.2, 0.25) is 0 Å². The fourth-order valence-electron chi connectivity index (χ4n) is 5.69. The number of hydrogen-bond acceptors (Lipinski definition) is 6. The zero-order chi connectivity index (χ0) is 27.5. The first-order chi connectivity index (χ1) is 18.6. The minimum absolute atomic E-state index is 0.00436. The maximum Gasteiger partial charge on any atom is 0.248 e. The van der Waals surface area contributed by atoms with Gasteiger partial charge in [0.15, 0.2) is 5.78 Å². The molecule has 4 heterocycles. The third-order valence-electron chi connectivity index (χ3n) is 7.91. The number of ketones is 1. The topological polar surface area (TPSA) is 110 Å². The summed E-state index contributed by atoms with van der Waals surface area (Å²) in [6.07, 6.45) is 4.90. The van der Waals surface area contributed by atoms with E-state index in [9.17, 15) is 14.4 Å². The third kappa shape index (κ3) is 4.52. The number of amides is 2. The molecule has 1 aromatic carbocycles. The lowest BCUT2D eigenvalue weighted by Gasteiger charge is -2.27. The molecule has 4 aromatic rings. The number of piperidine rings is 1. The molecule has 0 spiro atoms. The van der Waals surface area contributed by atoms with E-state index in [1.807, 2.05) is 49.4 Å². The van der Waals surface area contributed by atoms with Crippen molar-refractivity contribution >= 4 is 50.2 Å². The van der Waals surface area contributed by atoms with Gasteiger partial charge in [-0.25, -0.2) is 4.98 Å². The maximum atomic E-state index is 13.8. The van der Waals surface area contributed by atoms with Crippen LogP contribution in [-0.2, 0) is 16.1 Å². The number of anilines is 1. The second-order valence-electron chi connectivity index (χ2n) is 10.7. The quantitative estimate of drug-likeness (QED) is 0.257. The molecule has 1 N–H and O–H groups in total. The largest absolute Gasteiger partial charge is 0.325 e. The Morgan fingerprint density at radius 1 is 1.08 bits per heavy atom. The highest BCUT2D eigenvalue weighted by molar-refractivity contribution is 9.10. The van der Waals surface area contributed by atoms with E-state index in [4.69, 9.17) is 0 Å². The summed E-state index contributed by atoms with van der Waals surface area (Å²) >= 11 is 3.35. The number of halogens is 1. The molecule has 1 saturated carbocycles. The van der Waals surface area contributed by atoms with Crippen molar-refractivity contribution in [2.45, 2.75) is 52.2 Å². The fraction of sp³-hybridized carbons (Fsp3) is 0.310. The van der Waals surface area contributed by atoms with Gasteiger partial charge >= 0.3 is 0 Å². The highest BCUT2D eigenvalue weighted by Crippen LogP contribution is 2.59. The Kier molecular flexibility index (Phi) is 6.10. The van der Waals surface area contributed by atoms with Gasteiger partial charge in [0.2, 0.25) is 11.8 Å². The van der Waals surface area contributed by atoms with Gasteiger partial charge in [-0.15, -0.1) is 0 Å². The van der Waals surface area contributed by atoms with Crippen molar-refractivity contribution in [3.05, 3.63) is 70.7 Å². The predicted octanol–water partition coefficient (Wildman–Crippen LogP) is 4.79. The summed E-state index contributed by atoms with van der Waals surface area (Å²) in [5, 5.41) is 8.15. The van der Waals surface area contributed by atoms with E-state index in [-0.39, 0.29) is 35.6 Å². The van der Waals surface area contributed by atoms with Gasteiger partial charge in [0.1, 0.15) is 28.7 Å². The number of nitrogens with one attached hydrogen (secondary N) is 1. The summed E-state index contributed by atoms with van der Waals surface area (Å²) in [6.45, 7) is 5.40. The molecule has 0 bridgehead atoms. The van der Waals surface area contributed by atoms with Crippen LogP contribution < -0.4 is 5.32 Å². The first-order valence-corrected chi connectivity index (χ1v) is 13.6. The second-order valence-corrected chi connectivity index (χ2v) is 11.5. The van der Waals surface area contributed by atoms with E-state index in [1.165, 1.54) is 6.92 Å². The highest BCUT2D eigenvalue weighted by atomic mass is 79.9. The Hall–Kier alpha value is -3.92. The van der Waals surface area contributed by atoms with E-state index in [0.717, 1.165) is 23.1 Å². The van der Waals surface area contributed by atoms with Gasteiger partial charge in [-0.3, -0.25) is 24.0 Å². The molecule has 198 valence electrons. The van der Waals surface area contributed by atoms with Crippen LogP contribution in [-0.4, -0.2) is 54.3 Å². The van der Waals surface area contributed by atoms with Gasteiger partial charge in [0.05, 0.1) is 5.52 Å². The van der Waals surface area contributed by atoms with Gasteiger partial charge in [0, 0.05) is 30.7 Å². The monoisotopic (exact) mass is 586 g/mol. The number of Topliss-reactive ketones (excluding diaryl/α,β-unsaturated/α-hetero) is 1. The Morgan fingerprint density at radius 2 is 1.85 bits per heavy atom. The van der Waals surface area contributed by atoms with Crippen LogP contribution >= 0.6 is 15.9 Å². The number of nitrogens with zero attached hydrogens (tertiary/aromatic N) is 5. The van der Waals surface area contributed by atoms with Crippen LogP contribution in [0, 0.1) is 12.3 Å². The van der Waals surface area contributed by atoms with E-state index >= 15 is 0 Å². The van der Waals surface area contributed by atoms with Crippen LogP contribution in [0.25, 0.3) is 22.0 Å². The van der Waals surface area contributed by atoms with E-state index in [2.05, 4.69) is 43.2 Å². The number of fused-ring (bicyclic) bond motifs is 2. The lowest BCUT2D eigenvalue weighted by molar-refractivity contribution is -0.138. The van der Waals surface area contributed by atoms with Crippen molar-refractivity contribution in [3.8, 4) is 11.1 Å². The molecule has 10 heteroatoms. The summed E-state index contributed by atoms with van der Waals surface area (Å²) < 4.78 is 2.20. The Morgan fingerprint density at radius 3 is 2.59 bits per heavy atom. The van der Waals surface area contributed by atoms with Crippen molar-refractivity contribution in [3.63, 3.8) is 0 Å². The van der Waals surface area contributed by atoms with Gasteiger partial charge < -0.3 is 10.2 Å². The van der Waals surface area contributed by atoms with Crippen LogP contribution in [0.4, 0.5) is 5.82 Å². The first kappa shape index (κ1) is 25.4. The second kappa shape index (κ2) is 9.37. The molecule has 3 aromatic heterocycles. The summed E-state index contributed by atoms with van der Waals surface area (Å²) in [5.74, 6) is -0.148. The molecule has 2 amide bonds. The predicted molar refractivity (Wildman–Crippen MR) is 150 cm³/mol. The number of aryl methyl sites for hydroxylation is 1. The summed E-state index contributed by atoms with van der Waals surface area (Å²) in [6, 6.07) is 12.6. The SMILES string of the molecule is CC(=O)c1nn(CC(=O)N2C3C[C@]3(C)C[C@H]2C(=O)Nc2nc(Br)ccc2C)c2ccc(-c3ccncc3)cc12. The summed E-state index contributed by atoms with van der Waals surface area (Å²) in [5.41, 5.74) is 3.67. The third-order valence-corrected chi connectivity index (χ3v) is 8.35. The molecular formula is C29H27BrN6O3. The molecule has 2 aliphatic rings. The average Bonchev–Trinajstić information content (AvgIpc) is 3.28. The number of carbonyl (C=O) groups is 3. The van der Waals surface area contributed by atoms with E-state index in [0.29, 0.717) is 33.4 Å². The Labute approximate surface area is 233 Å². The molecule has 1 aliphatic heterocycles. The normalized spacial score (nSPS) is 21.6. The van der Waals surface area contributed by atoms with Gasteiger partial charge in [-0.05, 0) is 88.1 Å². The summed E-state index contributed by atoms with van der Waals surface area (Å²) in [4.78, 5) is 49.8. The number of carbonyl (C=O) groups excluding carboxylic acids is 3. The van der Waals surface area contributed by atoms with Gasteiger partial charge in [-0.2, -0.15) is 5.10 Å². The van der Waals surface area contributed by atoms with E-state index in [1.54, 1.807) is 22.0 Å². The van der Waals surface area contributed by atoms with E-state index < -0.39 is 6.04 Å². The van der Waals surface area contributed by atoms with Crippen molar-refractivity contribution in [2.24, 2.45) is 5.41 Å². The minimum atomic E-state index is -0.603. The minimum Gasteiger partial charge on any atom is -0.325 e. The molecule has 0 radical (unpaired) electrons. The molecule has 1 aliphatic carbocycles. The van der Waals surface area contributed by atoms with Gasteiger partial charge in [0.25, 0.3) is 0 Å². The highest BCUT2D eigenvalue weighted by Gasteiger charge is 2.64. The molecule has 39 heavy (non-hydrogen) atoms. The fourth-order valence-corrected chi connectivity index (χ4v) is 5.99. The Balaban J connectivity index is 1.29. The molecule has 2 fully saturated rings. The smallest absolute Gasteiger partial charge is 0.248 e. The van der Waals surface area contributed by atoms with Crippen molar-refractivity contribution < 1.29 is 14.4 Å². The van der Waals surface area contributed by atoms with Crippen molar-refractivity contribution in [1.82, 2.24) is 24.6 Å². The number of hydrogen-bond donors (Lipinski definition) is 1. The summed E-state index contributed by atoms with van der Waals surface area (Å²) in [7, 11) is 0. The van der Waals surface area contributed by atoms with Crippen LogP contribution in [0.3, 0.4) is 0 Å². The average molecular weight is 587 g/mol. The van der Waals surface area contributed by atoms with Crippen LogP contribution in [0.1, 0.15) is 42.7 Å². The van der Waals surface area contributed by atoms with Gasteiger partial charge in [-0.1, -0.05) is 19.1 Å². The van der Waals surface area contributed by atoms with Crippen LogP contribution in [0.5, 0.6) is 0 Å². The number of rotatable bonds is 6. The molecule has 9 nitrogen and oxygen atoms in total. The number of aromatic nitrogens is 4. The number of likely N-dealkylation sites (tertiary alicyclic amines) is 1. The van der Waals surface area contributed by atoms with Crippen molar-refractivity contribution in [1.29, 1.82) is 0 Å². The molecule has 6 rings (SSSR count).